The molecular formula is C22H36FNO4S. The van der Waals surface area contributed by atoms with Crippen molar-refractivity contribution in [2.45, 2.75) is 59.9 Å². The Hall–Kier alpha value is -1.18. The van der Waals surface area contributed by atoms with E-state index >= 15 is 0 Å². The average molecular weight is 430 g/mol. The first-order valence-corrected chi connectivity index (χ1v) is 12.1. The van der Waals surface area contributed by atoms with Crippen LogP contribution >= 0.6 is 0 Å². The predicted octanol–water partition coefficient (Wildman–Crippen LogP) is 4.68. The molecule has 0 unspecified atom stereocenters. The monoisotopic (exact) mass is 429 g/mol. The Morgan fingerprint density at radius 2 is 1.93 bits per heavy atom. The SMILES string of the molecule is CC(C)[C@@H](NS(=O)(=O)CCCOCC(C)(C)C)c1ccc(F)c(OCC2CC2)c1. The molecule has 1 saturated carbocycles. The zero-order chi connectivity index (χ0) is 21.7. The molecule has 1 aliphatic rings. The van der Waals surface area contributed by atoms with Crippen molar-refractivity contribution in [3.05, 3.63) is 29.6 Å². The van der Waals surface area contributed by atoms with Gasteiger partial charge in [0.1, 0.15) is 0 Å². The van der Waals surface area contributed by atoms with Crippen LogP contribution in [0.1, 0.15) is 65.5 Å². The van der Waals surface area contributed by atoms with Crippen LogP contribution < -0.4 is 9.46 Å². The van der Waals surface area contributed by atoms with E-state index in [1.165, 1.54) is 6.07 Å². The number of sulfonamides is 1. The molecule has 0 saturated heterocycles. The van der Waals surface area contributed by atoms with Crippen LogP contribution in [-0.2, 0) is 14.8 Å². The average Bonchev–Trinajstić information content (AvgIpc) is 3.42. The lowest BCUT2D eigenvalue weighted by Gasteiger charge is -2.24. The summed E-state index contributed by atoms with van der Waals surface area (Å²) in [5.41, 5.74) is 0.765. The molecule has 2 rings (SSSR count). The molecule has 1 aliphatic carbocycles. The van der Waals surface area contributed by atoms with Gasteiger partial charge in [-0.15, -0.1) is 0 Å². The van der Waals surface area contributed by atoms with E-state index in [2.05, 4.69) is 25.5 Å². The standard InChI is InChI=1S/C22H36FNO4S/c1-16(2)21(24-29(25,26)12-6-11-27-15-22(3,4)5)18-9-10-19(23)20(13-18)28-14-17-7-8-17/h9-10,13,16-17,21,24H,6-8,11-12,14-15H2,1-5H3/t21-/m1/s1. The highest BCUT2D eigenvalue weighted by molar-refractivity contribution is 7.89. The van der Waals surface area contributed by atoms with Crippen molar-refractivity contribution >= 4 is 10.0 Å². The number of rotatable bonds is 12. The van der Waals surface area contributed by atoms with Crippen molar-refractivity contribution in [2.75, 3.05) is 25.6 Å². The molecule has 7 heteroatoms. The molecule has 0 bridgehead atoms. The van der Waals surface area contributed by atoms with E-state index in [-0.39, 0.29) is 22.8 Å². The Morgan fingerprint density at radius 3 is 2.52 bits per heavy atom. The third-order valence-corrected chi connectivity index (χ3v) is 6.14. The minimum Gasteiger partial charge on any atom is -0.490 e. The molecule has 1 fully saturated rings. The van der Waals surface area contributed by atoms with Crippen molar-refractivity contribution in [2.24, 2.45) is 17.3 Å². The molecule has 0 aromatic heterocycles. The summed E-state index contributed by atoms with van der Waals surface area (Å²) in [6.45, 7) is 11.6. The fourth-order valence-electron chi connectivity index (χ4n) is 2.89. The van der Waals surface area contributed by atoms with Gasteiger partial charge < -0.3 is 9.47 Å². The minimum absolute atomic E-state index is 0.00339. The number of halogens is 1. The van der Waals surface area contributed by atoms with Crippen molar-refractivity contribution < 1.29 is 22.3 Å². The van der Waals surface area contributed by atoms with Gasteiger partial charge in [-0.3, -0.25) is 0 Å². The highest BCUT2D eigenvalue weighted by Crippen LogP contribution is 2.32. The Labute approximate surface area is 175 Å². The molecule has 5 nitrogen and oxygen atoms in total. The molecule has 29 heavy (non-hydrogen) atoms. The van der Waals surface area contributed by atoms with Crippen molar-refractivity contribution in [3.8, 4) is 5.75 Å². The third-order valence-electron chi connectivity index (χ3n) is 4.70. The van der Waals surface area contributed by atoms with Gasteiger partial charge in [-0.1, -0.05) is 40.7 Å². The van der Waals surface area contributed by atoms with E-state index < -0.39 is 21.9 Å². The Balaban J connectivity index is 1.96. The first kappa shape index (κ1) is 24.1. The number of benzene rings is 1. The summed E-state index contributed by atoms with van der Waals surface area (Å²) >= 11 is 0. The van der Waals surface area contributed by atoms with E-state index in [1.54, 1.807) is 12.1 Å². The largest absolute Gasteiger partial charge is 0.490 e. The van der Waals surface area contributed by atoms with Crippen LogP contribution in [0.15, 0.2) is 18.2 Å². The highest BCUT2D eigenvalue weighted by atomic mass is 32.2. The first-order chi connectivity index (χ1) is 13.5. The van der Waals surface area contributed by atoms with Crippen molar-refractivity contribution in [1.82, 2.24) is 4.72 Å². The second-order valence-corrected chi connectivity index (χ2v) is 11.4. The number of nitrogens with one attached hydrogen (secondary N) is 1. The van der Waals surface area contributed by atoms with Gasteiger partial charge >= 0.3 is 0 Å². The molecule has 0 heterocycles. The van der Waals surface area contributed by atoms with Gasteiger partial charge in [-0.25, -0.2) is 17.5 Å². The van der Waals surface area contributed by atoms with E-state index in [0.29, 0.717) is 37.7 Å². The van der Waals surface area contributed by atoms with Gasteiger partial charge in [0.2, 0.25) is 10.0 Å². The summed E-state index contributed by atoms with van der Waals surface area (Å²) in [5, 5.41) is 0. The van der Waals surface area contributed by atoms with Gasteiger partial charge in [-0.05, 0) is 54.2 Å². The molecule has 0 amide bonds. The molecule has 0 spiro atoms. The minimum atomic E-state index is -3.49. The molecule has 0 radical (unpaired) electrons. The molecule has 1 aromatic rings. The summed E-state index contributed by atoms with van der Waals surface area (Å²) in [6.07, 6.45) is 2.67. The van der Waals surface area contributed by atoms with Gasteiger partial charge in [0.05, 0.1) is 19.0 Å². The Bertz CT molecular complexity index is 755. The second-order valence-electron chi connectivity index (χ2n) is 9.57. The summed E-state index contributed by atoms with van der Waals surface area (Å²) < 4.78 is 53.2. The second kappa shape index (κ2) is 10.2. The fourth-order valence-corrected chi connectivity index (χ4v) is 4.30. The van der Waals surface area contributed by atoms with Gasteiger partial charge in [0, 0.05) is 12.6 Å². The normalized spacial score (nSPS) is 16.2. The summed E-state index contributed by atoms with van der Waals surface area (Å²) in [4.78, 5) is 0. The fraction of sp³-hybridized carbons (Fsp3) is 0.727. The molecule has 1 N–H and O–H groups in total. The zero-order valence-corrected chi connectivity index (χ0v) is 19.1. The lowest BCUT2D eigenvalue weighted by molar-refractivity contribution is 0.0720. The predicted molar refractivity (Wildman–Crippen MR) is 114 cm³/mol. The maximum absolute atomic E-state index is 14.1. The Morgan fingerprint density at radius 1 is 1.24 bits per heavy atom. The topological polar surface area (TPSA) is 64.6 Å². The lowest BCUT2D eigenvalue weighted by atomic mass is 9.97. The summed E-state index contributed by atoms with van der Waals surface area (Å²) in [7, 11) is -3.49. The summed E-state index contributed by atoms with van der Waals surface area (Å²) in [6, 6.07) is 4.15. The zero-order valence-electron chi connectivity index (χ0n) is 18.3. The van der Waals surface area contributed by atoms with Gasteiger partial charge in [0.25, 0.3) is 0 Å². The smallest absolute Gasteiger partial charge is 0.212 e. The number of hydrogen-bond donors (Lipinski definition) is 1. The van der Waals surface area contributed by atoms with E-state index in [4.69, 9.17) is 9.47 Å². The van der Waals surface area contributed by atoms with Crippen LogP contribution in [0, 0.1) is 23.1 Å². The highest BCUT2D eigenvalue weighted by Gasteiger charge is 2.25. The van der Waals surface area contributed by atoms with Gasteiger partial charge in [0.15, 0.2) is 11.6 Å². The molecule has 166 valence electrons. The molecule has 1 atom stereocenters. The quantitative estimate of drug-likeness (QED) is 0.490. The van der Waals surface area contributed by atoms with Crippen LogP contribution in [0.4, 0.5) is 4.39 Å². The maximum Gasteiger partial charge on any atom is 0.212 e. The van der Waals surface area contributed by atoms with Crippen molar-refractivity contribution in [3.63, 3.8) is 0 Å². The number of hydrogen-bond acceptors (Lipinski definition) is 4. The number of ether oxygens (including phenoxy) is 2. The van der Waals surface area contributed by atoms with Crippen LogP contribution in [0.3, 0.4) is 0 Å². The van der Waals surface area contributed by atoms with E-state index in [0.717, 1.165) is 12.8 Å². The van der Waals surface area contributed by atoms with Crippen LogP contribution in [-0.4, -0.2) is 34.0 Å². The van der Waals surface area contributed by atoms with E-state index in [1.807, 2.05) is 13.8 Å². The maximum atomic E-state index is 14.1. The Kier molecular flexibility index (Phi) is 8.49. The van der Waals surface area contributed by atoms with Crippen LogP contribution in [0.2, 0.25) is 0 Å². The van der Waals surface area contributed by atoms with Crippen LogP contribution in [0.25, 0.3) is 0 Å². The van der Waals surface area contributed by atoms with Crippen molar-refractivity contribution in [1.29, 1.82) is 0 Å². The van der Waals surface area contributed by atoms with Crippen LogP contribution in [0.5, 0.6) is 5.75 Å². The first-order valence-electron chi connectivity index (χ1n) is 10.5. The molecular weight excluding hydrogens is 393 g/mol. The summed E-state index contributed by atoms with van der Waals surface area (Å²) in [5.74, 6) is 0.277. The molecule has 1 aromatic carbocycles. The third kappa shape index (κ3) is 9.01. The van der Waals surface area contributed by atoms with E-state index in [9.17, 15) is 12.8 Å². The van der Waals surface area contributed by atoms with Gasteiger partial charge in [-0.2, -0.15) is 0 Å². The lowest BCUT2D eigenvalue weighted by Crippen LogP contribution is -2.34. The molecule has 0 aliphatic heterocycles.